The van der Waals surface area contributed by atoms with Crippen molar-refractivity contribution in [3.8, 4) is 0 Å². The van der Waals surface area contributed by atoms with Crippen molar-refractivity contribution in [2.45, 2.75) is 6.42 Å². The van der Waals surface area contributed by atoms with E-state index in [1.807, 2.05) is 18.5 Å². The third-order valence-electron chi connectivity index (χ3n) is 5.32. The van der Waals surface area contributed by atoms with E-state index in [4.69, 9.17) is 4.99 Å². The molecule has 5 aromatic rings. The van der Waals surface area contributed by atoms with Crippen molar-refractivity contribution in [1.82, 2.24) is 7.36 Å². The van der Waals surface area contributed by atoms with Gasteiger partial charge in [-0.3, -0.25) is 0 Å². The monoisotopic (exact) mass is 591 g/mol. The summed E-state index contributed by atoms with van der Waals surface area (Å²) in [6, 6.07) is 33.7. The molecule has 0 spiro atoms. The Balaban J connectivity index is 1.61. The van der Waals surface area contributed by atoms with Crippen LogP contribution in [0.4, 0.5) is 5.69 Å². The van der Waals surface area contributed by atoms with Crippen molar-refractivity contribution in [2.24, 2.45) is 4.99 Å². The van der Waals surface area contributed by atoms with Gasteiger partial charge in [-0.2, -0.15) is 0 Å². The number of hydrogen-bond donors (Lipinski definition) is 0. The first-order valence-electron chi connectivity index (χ1n) is 10.3. The number of hydrogen-bond acceptors (Lipinski definition) is 2. The summed E-state index contributed by atoms with van der Waals surface area (Å²) >= 11 is 0.745. The quantitative estimate of drug-likeness (QED) is 0.190. The first-order valence-corrected chi connectivity index (χ1v) is 12.3. The maximum atomic E-state index is 5.11. The molecule has 0 aliphatic rings. The number of nitrogens with zero attached hydrogens (tertiary/aromatic N) is 3. The van der Waals surface area contributed by atoms with Gasteiger partial charge in [-0.1, -0.05) is 36.4 Å². The summed E-state index contributed by atoms with van der Waals surface area (Å²) in [6.07, 6.45) is 4.90. The molecular weight excluding hydrogens is 571 g/mol. The summed E-state index contributed by atoms with van der Waals surface area (Å²) in [4.78, 5) is 9.65. The Bertz CT molecular complexity index is 1310. The van der Waals surface area contributed by atoms with Crippen molar-refractivity contribution in [3.05, 3.63) is 132 Å². The van der Waals surface area contributed by atoms with Crippen LogP contribution in [0.1, 0.15) is 22.4 Å². The Morgan fingerprint density at radius 1 is 0.806 bits per heavy atom. The van der Waals surface area contributed by atoms with Gasteiger partial charge in [-0.05, 0) is 0 Å². The molecule has 0 radical (unpaired) electrons. The predicted molar refractivity (Wildman–Crippen MR) is 128 cm³/mol. The number of aliphatic imine (C=N–C) groups is 1. The van der Waals surface area contributed by atoms with Gasteiger partial charge < -0.3 is 0 Å². The van der Waals surface area contributed by atoms with Crippen LogP contribution >= 0.6 is 0 Å². The van der Waals surface area contributed by atoms with Crippen LogP contribution < -0.4 is 0 Å². The molecule has 0 bridgehead atoms. The molecule has 1 heterocycles. The Hall–Kier alpha value is -3.06. The molecule has 5 rings (SSSR count). The van der Waals surface area contributed by atoms with Crippen molar-refractivity contribution >= 4 is 48.2 Å². The first-order chi connectivity index (χ1) is 15.3. The average Bonchev–Trinajstić information content (AvgIpc) is 3.23. The second-order valence-electron chi connectivity index (χ2n) is 7.50. The van der Waals surface area contributed by atoms with E-state index >= 15 is 0 Å². The van der Waals surface area contributed by atoms with Gasteiger partial charge in [0.25, 0.3) is 0 Å². The number of aromatic nitrogens is 2. The van der Waals surface area contributed by atoms with Crippen LogP contribution in [0.15, 0.2) is 115 Å². The zero-order valence-electron chi connectivity index (χ0n) is 17.0. The molecule has 4 aromatic carbocycles. The predicted octanol–water partition coefficient (Wildman–Crippen LogP) is 5.73. The second-order valence-corrected chi connectivity index (χ2v) is 9.82. The molecule has 146 valence electrons. The molecule has 0 aliphatic carbocycles. The molecule has 0 aliphatic heterocycles. The average molecular weight is 591 g/mol. The van der Waals surface area contributed by atoms with Crippen LogP contribution in [0, 0.1) is 0 Å². The van der Waals surface area contributed by atoms with E-state index in [1.54, 1.807) is 0 Å². The second kappa shape index (κ2) is 8.98. The van der Waals surface area contributed by atoms with E-state index in [2.05, 4.69) is 98.5 Å². The topological polar surface area (TPSA) is 30.2 Å². The minimum atomic E-state index is 0.745. The summed E-state index contributed by atoms with van der Waals surface area (Å²) in [6.45, 7) is 0. The van der Waals surface area contributed by atoms with E-state index in [0.717, 1.165) is 60.7 Å². The van der Waals surface area contributed by atoms with Gasteiger partial charge in [-0.25, -0.2) is 0 Å². The van der Waals surface area contributed by atoms with Crippen LogP contribution in [-0.4, -0.2) is 39.1 Å². The molecule has 31 heavy (non-hydrogen) atoms. The summed E-state index contributed by atoms with van der Waals surface area (Å²) in [5.41, 5.74) is 6.55. The molecule has 1 aromatic heterocycles. The van der Waals surface area contributed by atoms with Gasteiger partial charge in [0.15, 0.2) is 0 Å². The number of rotatable bonds is 5. The van der Waals surface area contributed by atoms with Crippen molar-refractivity contribution in [2.75, 3.05) is 0 Å². The first kappa shape index (κ1) is 19.9. The SMILES string of the molecule is [Tl][n]1cnc(Cc2cccc3ccc(N=C(c4ccccc4)c4ccccc4)cc23)c1. The van der Waals surface area contributed by atoms with Crippen molar-refractivity contribution in [1.29, 1.82) is 0 Å². The molecule has 0 amide bonds. The third-order valence-corrected chi connectivity index (χ3v) is 6.42. The summed E-state index contributed by atoms with van der Waals surface area (Å²) in [7, 11) is 0. The van der Waals surface area contributed by atoms with Gasteiger partial charge in [0.2, 0.25) is 0 Å². The third kappa shape index (κ3) is 4.51. The Morgan fingerprint density at radius 3 is 2.16 bits per heavy atom. The fraction of sp³-hybridized carbons (Fsp3) is 0.0370. The van der Waals surface area contributed by atoms with Crippen LogP contribution in [0.25, 0.3) is 10.8 Å². The standard InChI is InChI=1S/C27H20N3.Tl/c1-3-8-21(9-4-1)27(22-10-5-2-6-11-22)30-24-15-14-20-12-7-13-23(26(20)17-24)16-25-18-28-19-29-25;/h1-15,17-19H,16H2;/q-1;+1. The fourth-order valence-corrected chi connectivity index (χ4v) is 4.76. The summed E-state index contributed by atoms with van der Waals surface area (Å²) < 4.78 is 2.15. The maximum absolute atomic E-state index is 5.11. The van der Waals surface area contributed by atoms with Crippen LogP contribution in [0.3, 0.4) is 0 Å². The Morgan fingerprint density at radius 2 is 1.52 bits per heavy atom. The van der Waals surface area contributed by atoms with Crippen LogP contribution in [0.2, 0.25) is 0 Å². The molecule has 0 unspecified atom stereocenters. The van der Waals surface area contributed by atoms with E-state index in [9.17, 15) is 0 Å². The number of benzene rings is 4. The summed E-state index contributed by atoms with van der Waals surface area (Å²) in [5.74, 6) is 0. The van der Waals surface area contributed by atoms with Crippen molar-refractivity contribution in [3.63, 3.8) is 0 Å². The van der Waals surface area contributed by atoms with E-state index in [0.29, 0.717) is 0 Å². The number of fused-ring (bicyclic) bond motifs is 1. The fourth-order valence-electron chi connectivity index (χ4n) is 3.83. The van der Waals surface area contributed by atoms with Crippen LogP contribution in [0.5, 0.6) is 0 Å². The van der Waals surface area contributed by atoms with E-state index in [-0.39, 0.29) is 0 Å². The summed E-state index contributed by atoms with van der Waals surface area (Å²) in [5, 5.41) is 2.46. The molecule has 0 fully saturated rings. The van der Waals surface area contributed by atoms with Gasteiger partial charge in [0, 0.05) is 0 Å². The van der Waals surface area contributed by atoms with E-state index in [1.165, 1.54) is 16.3 Å². The molecule has 0 saturated heterocycles. The molecule has 0 atom stereocenters. The zero-order chi connectivity index (χ0) is 21.0. The molecular formula is C27H20N3Tl. The molecule has 0 N–H and O–H groups in total. The normalized spacial score (nSPS) is 10.8. The van der Waals surface area contributed by atoms with Crippen LogP contribution in [-0.2, 0) is 6.42 Å². The number of imidazole rings is 1. The van der Waals surface area contributed by atoms with Gasteiger partial charge in [-0.15, -0.1) is 0 Å². The van der Waals surface area contributed by atoms with E-state index < -0.39 is 0 Å². The Labute approximate surface area is 198 Å². The molecule has 3 nitrogen and oxygen atoms in total. The van der Waals surface area contributed by atoms with Gasteiger partial charge in [0.1, 0.15) is 0 Å². The molecule has 4 heteroatoms. The van der Waals surface area contributed by atoms with Crippen molar-refractivity contribution < 1.29 is 0 Å². The van der Waals surface area contributed by atoms with Gasteiger partial charge >= 0.3 is 163 Å². The van der Waals surface area contributed by atoms with Gasteiger partial charge in [0.05, 0.1) is 0 Å². The minimum absolute atomic E-state index is 0.745. The molecule has 0 saturated carbocycles. The Kier molecular flexibility index (Phi) is 5.76. The zero-order valence-corrected chi connectivity index (χ0v) is 21.5.